The molecule has 0 radical (unpaired) electrons. The van der Waals surface area contributed by atoms with Gasteiger partial charge in [-0.1, -0.05) is 0 Å². The van der Waals surface area contributed by atoms with Crippen molar-refractivity contribution in [2.24, 2.45) is 0 Å². The van der Waals surface area contributed by atoms with Crippen LogP contribution in [0.2, 0.25) is 0 Å². The van der Waals surface area contributed by atoms with Crippen LogP contribution in [-0.4, -0.2) is 18.1 Å². The monoisotopic (exact) mass is 294 g/mol. The van der Waals surface area contributed by atoms with Gasteiger partial charge in [0.1, 0.15) is 10.1 Å². The predicted octanol–water partition coefficient (Wildman–Crippen LogP) is -1.95. The predicted molar refractivity (Wildman–Crippen MR) is 46.7 cm³/mol. The topological polar surface area (TPSA) is 77.4 Å². The molecule has 4 nitrogen and oxygen atoms in total. The first kappa shape index (κ1) is 14.1. The Bertz CT molecular complexity index is 374. The summed E-state index contributed by atoms with van der Waals surface area (Å²) in [7, 11) is -4.65. The molecular weight excluding hydrogens is 291 g/mol. The van der Waals surface area contributed by atoms with E-state index < -0.39 is 15.6 Å². The van der Waals surface area contributed by atoms with Crippen molar-refractivity contribution in [3.63, 3.8) is 0 Å². The summed E-state index contributed by atoms with van der Waals surface area (Å²) in [6, 6.07) is 1.39. The second kappa shape index (κ2) is 5.22. The average molecular weight is 295 g/mol. The van der Waals surface area contributed by atoms with E-state index in [-0.39, 0.29) is 34.4 Å². The van der Waals surface area contributed by atoms with Crippen LogP contribution in [0.3, 0.4) is 0 Å². The second-order valence-electron chi connectivity index (χ2n) is 2.01. The van der Waals surface area contributed by atoms with Gasteiger partial charge in [-0.25, -0.2) is 8.42 Å². The van der Waals surface area contributed by atoms with E-state index in [0.717, 1.165) is 11.3 Å². The van der Waals surface area contributed by atoms with Crippen molar-refractivity contribution >= 4 is 37.4 Å². The van der Waals surface area contributed by atoms with E-state index in [1.165, 1.54) is 6.07 Å². The molecule has 0 aliphatic carbocycles. The Hall–Kier alpha value is 1.05. The van der Waals surface area contributed by atoms with Crippen molar-refractivity contribution in [1.82, 2.24) is 0 Å². The average Bonchev–Trinajstić information content (AvgIpc) is 2.32. The van der Waals surface area contributed by atoms with Crippen LogP contribution in [0, 0.1) is 0 Å². The Labute approximate surface area is 110 Å². The summed E-state index contributed by atoms with van der Waals surface area (Å²) < 4.78 is 31.6. The van der Waals surface area contributed by atoms with Crippen molar-refractivity contribution in [3.05, 3.63) is 20.8 Å². The Kier molecular flexibility index (Phi) is 5.64. The molecule has 1 N–H and O–H groups in total. The fourth-order valence-corrected chi connectivity index (χ4v) is 2.78. The van der Waals surface area contributed by atoms with Crippen LogP contribution >= 0.6 is 27.3 Å². The van der Waals surface area contributed by atoms with Crippen LogP contribution in [0.5, 0.6) is 0 Å². The van der Waals surface area contributed by atoms with Crippen LogP contribution in [0.15, 0.2) is 15.9 Å². The number of hydrogen-bond donors (Lipinski definition) is 1. The van der Waals surface area contributed by atoms with Crippen molar-refractivity contribution in [3.8, 4) is 0 Å². The molecule has 0 spiro atoms. The summed E-state index contributed by atoms with van der Waals surface area (Å²) in [5.74, 6) is 0. The minimum atomic E-state index is -4.65. The van der Waals surface area contributed by atoms with E-state index in [0.29, 0.717) is 4.47 Å². The van der Waals surface area contributed by atoms with E-state index in [2.05, 4.69) is 15.9 Å². The van der Waals surface area contributed by atoms with Gasteiger partial charge in [-0.05, 0) is 22.0 Å². The molecule has 1 rings (SSSR count). The van der Waals surface area contributed by atoms with E-state index >= 15 is 0 Å². The maximum Gasteiger partial charge on any atom is 1.00 e. The first-order valence-corrected chi connectivity index (χ1v) is 5.92. The van der Waals surface area contributed by atoms with Crippen LogP contribution < -0.4 is 29.6 Å². The number of thiophene rings is 1. The number of hydrogen-bond acceptors (Lipinski definition) is 5. The van der Waals surface area contributed by atoms with Crippen molar-refractivity contribution in [2.45, 2.75) is 5.44 Å². The zero-order valence-electron chi connectivity index (χ0n) is 6.60. The van der Waals surface area contributed by atoms with Gasteiger partial charge in [-0.3, -0.25) is 0 Å². The molecule has 0 aliphatic heterocycles. The van der Waals surface area contributed by atoms with Gasteiger partial charge in [0.05, 0.1) is 0 Å². The van der Waals surface area contributed by atoms with E-state index in [1.54, 1.807) is 5.38 Å². The second-order valence-corrected chi connectivity index (χ2v) is 5.30. The van der Waals surface area contributed by atoms with Crippen molar-refractivity contribution < 1.29 is 47.6 Å². The molecular formula is C5H4BrNaO4S2. The molecule has 68 valence electrons. The van der Waals surface area contributed by atoms with Gasteiger partial charge in [0, 0.05) is 14.7 Å². The molecule has 0 aromatic carbocycles. The van der Waals surface area contributed by atoms with E-state index in [4.69, 9.17) is 5.11 Å². The Morgan fingerprint density at radius 2 is 2.15 bits per heavy atom. The number of halogens is 1. The summed E-state index contributed by atoms with van der Waals surface area (Å²) >= 11 is 4.08. The summed E-state index contributed by atoms with van der Waals surface area (Å²) in [5, 5.41) is 10.5. The summed E-state index contributed by atoms with van der Waals surface area (Å²) in [5.41, 5.74) is -1.95. The van der Waals surface area contributed by atoms with Crippen LogP contribution in [0.4, 0.5) is 0 Å². The van der Waals surface area contributed by atoms with Gasteiger partial charge >= 0.3 is 29.6 Å². The van der Waals surface area contributed by atoms with Crippen LogP contribution in [-0.2, 0) is 10.1 Å². The van der Waals surface area contributed by atoms with Gasteiger partial charge in [-0.2, -0.15) is 0 Å². The summed E-state index contributed by atoms with van der Waals surface area (Å²) in [6.07, 6.45) is 0. The number of aliphatic hydroxyl groups excluding tert-OH is 1. The molecule has 0 saturated heterocycles. The Morgan fingerprint density at radius 1 is 1.62 bits per heavy atom. The fourth-order valence-electron chi connectivity index (χ4n) is 0.600. The van der Waals surface area contributed by atoms with Crippen molar-refractivity contribution in [1.29, 1.82) is 0 Å². The molecule has 1 aromatic heterocycles. The molecule has 0 saturated carbocycles. The molecule has 0 aliphatic rings. The molecule has 1 unspecified atom stereocenters. The molecule has 8 heteroatoms. The largest absolute Gasteiger partial charge is 1.00 e. The smallest absolute Gasteiger partial charge is 0.746 e. The summed E-state index contributed by atoms with van der Waals surface area (Å²) in [4.78, 5) is 0.122. The van der Waals surface area contributed by atoms with Crippen molar-refractivity contribution in [2.75, 3.05) is 0 Å². The SMILES string of the molecule is O=S(=O)([O-])C(O)c1cc(Br)cs1.[Na+]. The first-order chi connectivity index (χ1) is 5.41. The van der Waals surface area contributed by atoms with Crippen LogP contribution in [0.1, 0.15) is 10.3 Å². The zero-order chi connectivity index (χ0) is 9.35. The third-order valence-electron chi connectivity index (χ3n) is 1.10. The first-order valence-electron chi connectivity index (χ1n) is 2.78. The van der Waals surface area contributed by atoms with Gasteiger partial charge in [0.15, 0.2) is 5.44 Å². The molecule has 1 aromatic rings. The zero-order valence-corrected chi connectivity index (χ0v) is 11.8. The van der Waals surface area contributed by atoms with E-state index in [1.807, 2.05) is 0 Å². The molecule has 1 heterocycles. The van der Waals surface area contributed by atoms with Crippen LogP contribution in [0.25, 0.3) is 0 Å². The van der Waals surface area contributed by atoms with Gasteiger partial charge < -0.3 is 9.66 Å². The normalized spacial score (nSPS) is 13.5. The van der Waals surface area contributed by atoms with Gasteiger partial charge in [-0.15, -0.1) is 11.3 Å². The molecule has 13 heavy (non-hydrogen) atoms. The fraction of sp³-hybridized carbons (Fsp3) is 0.200. The third kappa shape index (κ3) is 3.96. The van der Waals surface area contributed by atoms with Gasteiger partial charge in [0.2, 0.25) is 0 Å². The quantitative estimate of drug-likeness (QED) is 0.508. The molecule has 0 bridgehead atoms. The third-order valence-corrected chi connectivity index (χ3v) is 3.80. The molecule has 1 atom stereocenters. The standard InChI is InChI=1S/C5H5BrO4S2.Na/c6-3-1-4(11-2-3)5(7)12(8,9)10;/h1-2,5,7H,(H,8,9,10);/q;+1/p-1. The summed E-state index contributed by atoms with van der Waals surface area (Å²) in [6.45, 7) is 0. The Balaban J connectivity index is 0.00000144. The molecule has 0 fully saturated rings. The molecule has 0 amide bonds. The van der Waals surface area contributed by atoms with E-state index in [9.17, 15) is 13.0 Å². The maximum atomic E-state index is 10.3. The Morgan fingerprint density at radius 3 is 2.46 bits per heavy atom. The minimum Gasteiger partial charge on any atom is -0.746 e. The minimum absolute atomic E-state index is 0. The number of rotatable bonds is 2. The maximum absolute atomic E-state index is 10.3. The number of aliphatic hydroxyl groups is 1. The van der Waals surface area contributed by atoms with Gasteiger partial charge in [0.25, 0.3) is 0 Å².